The van der Waals surface area contributed by atoms with E-state index in [0.717, 1.165) is 33.2 Å². The zero-order valence-electron chi connectivity index (χ0n) is 30.3. The van der Waals surface area contributed by atoms with Crippen molar-refractivity contribution in [1.29, 1.82) is 0 Å². The molecule has 0 fully saturated rings. The van der Waals surface area contributed by atoms with E-state index in [4.69, 9.17) is 0 Å². The van der Waals surface area contributed by atoms with Crippen LogP contribution in [0, 0.1) is 0 Å². The van der Waals surface area contributed by atoms with Crippen LogP contribution >= 0.6 is 0 Å². The van der Waals surface area contributed by atoms with E-state index in [1.165, 1.54) is 0 Å². The van der Waals surface area contributed by atoms with Gasteiger partial charge in [-0.1, -0.05) is 78.9 Å². The van der Waals surface area contributed by atoms with Crippen LogP contribution in [0.25, 0.3) is 33.2 Å². The fraction of sp³-hybridized carbons (Fsp3) is 0. The summed E-state index contributed by atoms with van der Waals surface area (Å²) in [6.07, 6.45) is 7.15. The molecule has 0 aliphatic carbocycles. The van der Waals surface area contributed by atoms with E-state index in [-0.39, 0.29) is 39.0 Å². The maximum Gasteiger partial charge on any atom is 3.00 e. The molecule has 0 bridgehead atoms. The van der Waals surface area contributed by atoms with Crippen molar-refractivity contribution in [3.05, 3.63) is 189 Å². The fourth-order valence-corrected chi connectivity index (χ4v) is 4.56. The van der Waals surface area contributed by atoms with Gasteiger partial charge in [-0.3, -0.25) is 19.9 Å². The summed E-state index contributed by atoms with van der Waals surface area (Å²) >= 11 is 0. The average Bonchev–Trinajstić information content (AvgIpc) is 3.23. The number of para-hydroxylation sites is 3. The van der Waals surface area contributed by atoms with Crippen molar-refractivity contribution in [3.8, 4) is 28.6 Å². The maximum absolute atomic E-state index is 9.92. The Balaban J connectivity index is 0.000000250. The summed E-state index contributed by atoms with van der Waals surface area (Å²) in [5.41, 5.74) is 3.85. The summed E-state index contributed by atoms with van der Waals surface area (Å²) in [6.45, 7) is 0. The summed E-state index contributed by atoms with van der Waals surface area (Å²) in [5, 5.41) is 61.8. The van der Waals surface area contributed by atoms with E-state index in [9.17, 15) is 30.1 Å². The first kappa shape index (κ1) is 48.7. The van der Waals surface area contributed by atoms with E-state index in [1.54, 1.807) is 110 Å². The minimum atomic E-state index is -2.23. The number of hydrogen-bond acceptors (Lipinski definition) is 13. The molecule has 8 aromatic rings. The number of fused-ring (bicyclic) bond motifs is 3. The third kappa shape index (κ3) is 18.7. The Bertz CT molecular complexity index is 2050. The van der Waals surface area contributed by atoms with Gasteiger partial charge in [-0.15, -0.1) is 0 Å². The van der Waals surface area contributed by atoms with Crippen LogP contribution in [-0.4, -0.2) is 41.9 Å². The molecule has 0 aliphatic rings. The Hall–Kier alpha value is -5.40. The van der Waals surface area contributed by atoms with Crippen molar-refractivity contribution >= 4 is 43.8 Å². The van der Waals surface area contributed by atoms with Gasteiger partial charge in [0.25, 0.3) is 0 Å². The smallest absolute Gasteiger partial charge is 0.860 e. The van der Waals surface area contributed by atoms with Crippen LogP contribution < -0.4 is 44.1 Å². The van der Waals surface area contributed by atoms with Gasteiger partial charge in [0, 0.05) is 35.6 Å². The van der Waals surface area contributed by atoms with Crippen molar-refractivity contribution in [1.82, 2.24) is 19.9 Å². The topological polar surface area (TPSA) is 218 Å². The zero-order valence-corrected chi connectivity index (χ0v) is 33.8. The second-order valence-corrected chi connectivity index (χ2v) is 10.8. The minimum absolute atomic E-state index is 0. The van der Waals surface area contributed by atoms with Gasteiger partial charge in [-0.2, -0.15) is 0 Å². The molecule has 0 saturated heterocycles. The monoisotopic (exact) mass is 948 g/mol. The molecule has 18 heteroatoms. The molecular weight excluding hydrogens is 915 g/mol. The molecule has 0 spiro atoms. The molecule has 0 aliphatic heterocycles. The standard InChI is InChI=1S/C12H8N2.C10H8N2.3C6H5BO3.2Ru/c1-3-9-5-6-11-10(4-2-7-13-11)12(9)14-8-1;1-3-7-11-9(5-1)10-6-2-4-8-12-10;3*8-7(9)10-6-4-2-1-3-5-6;;/h1-8H;1-8H;3*1-5H;;/q;;3*-2;2*+3. The quantitative estimate of drug-likeness (QED) is 0.163. The van der Waals surface area contributed by atoms with Crippen molar-refractivity contribution < 1.29 is 83.1 Å². The molecule has 0 unspecified atom stereocenters. The SMILES string of the molecule is [O-]B([O-])Oc1ccccc1.[O-]B([O-])Oc1ccccc1.[O-]B([O-])Oc1ccccc1.[Ru+3].[Ru+3].c1ccc(-c2ccccn2)nc1.c1cnc2c(c1)ccc1ncccc12. The largest absolute Gasteiger partial charge is 3.00 e. The number of hydrogen-bond donors (Lipinski definition) is 0. The molecule has 0 amide bonds. The van der Waals surface area contributed by atoms with E-state index < -0.39 is 22.0 Å². The summed E-state index contributed by atoms with van der Waals surface area (Å²) in [6, 6.07) is 48.5. The van der Waals surface area contributed by atoms with Gasteiger partial charge < -0.3 is 44.1 Å². The van der Waals surface area contributed by atoms with Crippen molar-refractivity contribution in [2.45, 2.75) is 0 Å². The van der Waals surface area contributed by atoms with Crippen LogP contribution in [-0.2, 0) is 39.0 Å². The Morgan fingerprint density at radius 3 is 1.12 bits per heavy atom. The molecule has 4 heterocycles. The summed E-state index contributed by atoms with van der Waals surface area (Å²) < 4.78 is 12.9. The average molecular weight is 946 g/mol. The van der Waals surface area contributed by atoms with E-state index in [2.05, 4.69) is 52.1 Å². The summed E-state index contributed by atoms with van der Waals surface area (Å²) in [7, 11) is -6.70. The molecule has 13 nitrogen and oxygen atoms in total. The Kier molecular flexibility index (Phi) is 23.6. The summed E-state index contributed by atoms with van der Waals surface area (Å²) in [4.78, 5) is 17.0. The van der Waals surface area contributed by atoms with Crippen LogP contribution in [0.5, 0.6) is 17.2 Å². The third-order valence-corrected chi connectivity index (χ3v) is 6.87. The maximum atomic E-state index is 9.92. The first-order valence-corrected chi connectivity index (χ1v) is 16.8. The normalized spacial score (nSPS) is 9.28. The molecule has 290 valence electrons. The van der Waals surface area contributed by atoms with Crippen LogP contribution in [0.2, 0.25) is 0 Å². The van der Waals surface area contributed by atoms with Crippen molar-refractivity contribution in [3.63, 3.8) is 0 Å². The molecule has 58 heavy (non-hydrogen) atoms. The van der Waals surface area contributed by atoms with E-state index >= 15 is 0 Å². The van der Waals surface area contributed by atoms with E-state index in [0.29, 0.717) is 17.2 Å². The van der Waals surface area contributed by atoms with Crippen LogP contribution in [0.4, 0.5) is 0 Å². The van der Waals surface area contributed by atoms with Crippen LogP contribution in [0.1, 0.15) is 0 Å². The first-order valence-electron chi connectivity index (χ1n) is 16.8. The Labute approximate surface area is 362 Å². The van der Waals surface area contributed by atoms with Gasteiger partial charge in [-0.25, -0.2) is 0 Å². The zero-order chi connectivity index (χ0) is 39.8. The number of benzene rings is 4. The molecular formula is C40H31B3N4O9Ru2. The second kappa shape index (κ2) is 28.1. The van der Waals surface area contributed by atoms with E-state index in [1.807, 2.05) is 60.8 Å². The van der Waals surface area contributed by atoms with Gasteiger partial charge in [0.05, 0.1) is 39.7 Å². The Morgan fingerprint density at radius 1 is 0.345 bits per heavy atom. The second-order valence-electron chi connectivity index (χ2n) is 10.8. The molecule has 0 saturated carbocycles. The first-order chi connectivity index (χ1) is 27.3. The third-order valence-electron chi connectivity index (χ3n) is 6.87. The van der Waals surface area contributed by atoms with Gasteiger partial charge in [0.2, 0.25) is 0 Å². The van der Waals surface area contributed by atoms with Gasteiger partial charge in [0.15, 0.2) is 0 Å². The molecule has 4 aromatic carbocycles. The number of rotatable bonds is 7. The van der Waals surface area contributed by atoms with Crippen molar-refractivity contribution in [2.75, 3.05) is 0 Å². The van der Waals surface area contributed by atoms with Crippen LogP contribution in [0.3, 0.4) is 0 Å². The molecule has 2 radical (unpaired) electrons. The fourth-order valence-electron chi connectivity index (χ4n) is 4.56. The number of pyridine rings is 4. The number of nitrogens with zero attached hydrogens (tertiary/aromatic N) is 4. The Morgan fingerprint density at radius 2 is 0.724 bits per heavy atom. The van der Waals surface area contributed by atoms with Crippen LogP contribution in [0.15, 0.2) is 189 Å². The molecule has 0 N–H and O–H groups in total. The predicted molar refractivity (Wildman–Crippen MR) is 203 cm³/mol. The molecule has 0 atom stereocenters. The van der Waals surface area contributed by atoms with Gasteiger partial charge >= 0.3 is 39.0 Å². The predicted octanol–water partition coefficient (Wildman–Crippen LogP) is 1.23. The van der Waals surface area contributed by atoms with Crippen molar-refractivity contribution in [2.24, 2.45) is 0 Å². The summed E-state index contributed by atoms with van der Waals surface area (Å²) in [5.74, 6) is 0.951. The van der Waals surface area contributed by atoms with Gasteiger partial charge in [-0.05, 0) is 84.9 Å². The van der Waals surface area contributed by atoms with Gasteiger partial charge in [0.1, 0.15) is 22.0 Å². The molecule has 8 rings (SSSR count). The molecule has 4 aromatic heterocycles. The minimum Gasteiger partial charge on any atom is -0.860 e. The number of aromatic nitrogens is 4.